The van der Waals surface area contributed by atoms with Crippen LogP contribution < -0.4 is 10.1 Å². The second kappa shape index (κ2) is 10.1. The Hall–Kier alpha value is -4.08. The second-order valence-electron chi connectivity index (χ2n) is 7.86. The molecule has 0 atom stereocenters. The molecule has 1 N–H and O–H groups in total. The minimum Gasteiger partial charge on any atom is -0.455 e. The maximum Gasteiger partial charge on any atom is 0.435 e. The standard InChI is InChI=1S/C27H17ClF3N3O2S/c28-18-10-13-23(36-20-5-2-1-3-6-20)21(15-18)32-26(35)17-8-11-19(12-9-17)34-22(24-7-4-14-37-24)16-25(33-34)27(29,30)31/h1-16H,(H,32,35). The lowest BCUT2D eigenvalue weighted by Gasteiger charge is -2.13. The Morgan fingerprint density at radius 1 is 0.946 bits per heavy atom. The number of nitrogens with zero attached hydrogens (tertiary/aromatic N) is 2. The summed E-state index contributed by atoms with van der Waals surface area (Å²) in [6, 6.07) is 24.5. The van der Waals surface area contributed by atoms with E-state index in [9.17, 15) is 18.0 Å². The van der Waals surface area contributed by atoms with E-state index >= 15 is 0 Å². The van der Waals surface area contributed by atoms with Crippen LogP contribution in [0.2, 0.25) is 5.02 Å². The highest BCUT2D eigenvalue weighted by Gasteiger charge is 2.35. The molecular formula is C27H17ClF3N3O2S. The SMILES string of the molecule is O=C(Nc1cc(Cl)ccc1Oc1ccccc1)c1ccc(-n2nc(C(F)(F)F)cc2-c2cccs2)cc1. The van der Waals surface area contributed by atoms with Gasteiger partial charge in [0.15, 0.2) is 11.4 Å². The summed E-state index contributed by atoms with van der Waals surface area (Å²) < 4.78 is 47.2. The molecule has 37 heavy (non-hydrogen) atoms. The van der Waals surface area contributed by atoms with Crippen molar-refractivity contribution in [1.29, 1.82) is 0 Å². The highest BCUT2D eigenvalue weighted by atomic mass is 35.5. The first-order valence-electron chi connectivity index (χ1n) is 10.9. The number of aromatic nitrogens is 2. The quantitative estimate of drug-likeness (QED) is 0.236. The van der Waals surface area contributed by atoms with Gasteiger partial charge in [0.25, 0.3) is 5.91 Å². The van der Waals surface area contributed by atoms with Crippen molar-refractivity contribution in [2.24, 2.45) is 0 Å². The molecule has 0 saturated carbocycles. The van der Waals surface area contributed by atoms with E-state index in [0.29, 0.717) is 38.5 Å². The fourth-order valence-electron chi connectivity index (χ4n) is 3.57. The number of hydrogen-bond donors (Lipinski definition) is 1. The first-order valence-corrected chi connectivity index (χ1v) is 12.2. The van der Waals surface area contributed by atoms with E-state index in [1.54, 1.807) is 60.0 Å². The van der Waals surface area contributed by atoms with E-state index in [0.717, 1.165) is 6.07 Å². The van der Waals surface area contributed by atoms with Gasteiger partial charge in [0.2, 0.25) is 0 Å². The van der Waals surface area contributed by atoms with Crippen molar-refractivity contribution in [1.82, 2.24) is 9.78 Å². The number of halogens is 4. The maximum atomic E-state index is 13.4. The lowest BCUT2D eigenvalue weighted by Crippen LogP contribution is -2.13. The molecule has 3 aromatic carbocycles. The summed E-state index contributed by atoms with van der Waals surface area (Å²) in [6.45, 7) is 0. The predicted molar refractivity (Wildman–Crippen MR) is 138 cm³/mol. The van der Waals surface area contributed by atoms with Gasteiger partial charge in [-0.1, -0.05) is 35.9 Å². The molecular weight excluding hydrogens is 523 g/mol. The van der Waals surface area contributed by atoms with E-state index < -0.39 is 17.8 Å². The smallest absolute Gasteiger partial charge is 0.435 e. The summed E-state index contributed by atoms with van der Waals surface area (Å²) in [5.74, 6) is 0.544. The van der Waals surface area contributed by atoms with Gasteiger partial charge >= 0.3 is 6.18 Å². The average molecular weight is 540 g/mol. The van der Waals surface area contributed by atoms with Crippen molar-refractivity contribution in [3.05, 3.63) is 113 Å². The summed E-state index contributed by atoms with van der Waals surface area (Å²) in [5, 5.41) is 8.75. The topological polar surface area (TPSA) is 56.1 Å². The molecule has 0 aliphatic rings. The first kappa shape index (κ1) is 24.6. The highest BCUT2D eigenvalue weighted by Crippen LogP contribution is 2.35. The molecule has 2 heterocycles. The van der Waals surface area contributed by atoms with Crippen molar-refractivity contribution < 1.29 is 22.7 Å². The van der Waals surface area contributed by atoms with Gasteiger partial charge in [-0.05, 0) is 72.1 Å². The number of alkyl halides is 3. The van der Waals surface area contributed by atoms with Crippen molar-refractivity contribution in [2.75, 3.05) is 5.32 Å². The van der Waals surface area contributed by atoms with E-state index in [4.69, 9.17) is 16.3 Å². The van der Waals surface area contributed by atoms with Gasteiger partial charge in [0.05, 0.1) is 21.9 Å². The molecule has 0 saturated heterocycles. The Kier molecular flexibility index (Phi) is 6.73. The molecule has 0 aliphatic carbocycles. The molecule has 186 valence electrons. The molecule has 0 fully saturated rings. The van der Waals surface area contributed by atoms with E-state index in [1.807, 2.05) is 18.2 Å². The zero-order valence-corrected chi connectivity index (χ0v) is 20.4. The summed E-state index contributed by atoms with van der Waals surface area (Å²) in [7, 11) is 0. The number of carbonyl (C=O) groups is 1. The molecule has 10 heteroatoms. The Morgan fingerprint density at radius 3 is 2.38 bits per heavy atom. The Morgan fingerprint density at radius 2 is 1.70 bits per heavy atom. The molecule has 5 rings (SSSR count). The van der Waals surface area contributed by atoms with Crippen molar-refractivity contribution in [3.8, 4) is 27.8 Å². The van der Waals surface area contributed by atoms with Crippen LogP contribution in [0.4, 0.5) is 18.9 Å². The minimum atomic E-state index is -4.59. The van der Waals surface area contributed by atoms with Crippen LogP contribution in [-0.4, -0.2) is 15.7 Å². The van der Waals surface area contributed by atoms with Crippen molar-refractivity contribution in [3.63, 3.8) is 0 Å². The molecule has 0 spiro atoms. The van der Waals surface area contributed by atoms with Crippen molar-refractivity contribution in [2.45, 2.75) is 6.18 Å². The van der Waals surface area contributed by atoms with Crippen LogP contribution in [-0.2, 0) is 6.18 Å². The van der Waals surface area contributed by atoms with Crippen LogP contribution in [0.5, 0.6) is 11.5 Å². The summed E-state index contributed by atoms with van der Waals surface area (Å²) in [4.78, 5) is 13.6. The van der Waals surface area contributed by atoms with Crippen LogP contribution in [0.15, 0.2) is 96.4 Å². The van der Waals surface area contributed by atoms with Crippen LogP contribution >= 0.6 is 22.9 Å². The molecule has 0 radical (unpaired) electrons. The summed E-state index contributed by atoms with van der Waals surface area (Å²) in [6.07, 6.45) is -4.59. The normalized spacial score (nSPS) is 11.4. The van der Waals surface area contributed by atoms with Gasteiger partial charge < -0.3 is 10.1 Å². The minimum absolute atomic E-state index is 0.287. The molecule has 0 unspecified atom stereocenters. The third kappa shape index (κ3) is 5.52. The number of nitrogens with one attached hydrogen (secondary N) is 1. The van der Waals surface area contributed by atoms with E-state index in [-0.39, 0.29) is 5.56 Å². The van der Waals surface area contributed by atoms with Crippen LogP contribution in [0.25, 0.3) is 16.3 Å². The fourth-order valence-corrected chi connectivity index (χ4v) is 4.47. The van der Waals surface area contributed by atoms with Gasteiger partial charge in [-0.25, -0.2) is 4.68 Å². The fraction of sp³-hybridized carbons (Fsp3) is 0.0370. The number of thiophene rings is 1. The molecule has 2 aromatic heterocycles. The predicted octanol–water partition coefficient (Wildman–Crippen LogP) is 8.32. The summed E-state index contributed by atoms with van der Waals surface area (Å²) >= 11 is 7.44. The van der Waals surface area contributed by atoms with Gasteiger partial charge in [-0.3, -0.25) is 4.79 Å². The van der Waals surface area contributed by atoms with Gasteiger partial charge in [0.1, 0.15) is 5.75 Å². The Balaban J connectivity index is 1.41. The zero-order chi connectivity index (χ0) is 26.0. The summed E-state index contributed by atoms with van der Waals surface area (Å²) in [5.41, 5.74) is 0.347. The molecule has 0 aliphatic heterocycles. The van der Waals surface area contributed by atoms with Crippen LogP contribution in [0.3, 0.4) is 0 Å². The lowest BCUT2D eigenvalue weighted by atomic mass is 10.1. The third-order valence-corrected chi connectivity index (χ3v) is 6.44. The van der Waals surface area contributed by atoms with Gasteiger partial charge in [-0.15, -0.1) is 11.3 Å². The highest BCUT2D eigenvalue weighted by molar-refractivity contribution is 7.13. The molecule has 0 bridgehead atoms. The Bertz CT molecular complexity index is 1530. The average Bonchev–Trinajstić information content (AvgIpc) is 3.57. The monoisotopic (exact) mass is 539 g/mol. The number of benzene rings is 3. The number of para-hydroxylation sites is 1. The largest absolute Gasteiger partial charge is 0.455 e. The van der Waals surface area contributed by atoms with E-state index in [1.165, 1.54) is 28.2 Å². The number of amides is 1. The molecule has 5 nitrogen and oxygen atoms in total. The van der Waals surface area contributed by atoms with Crippen LogP contribution in [0, 0.1) is 0 Å². The van der Waals surface area contributed by atoms with Gasteiger partial charge in [-0.2, -0.15) is 18.3 Å². The van der Waals surface area contributed by atoms with E-state index in [2.05, 4.69) is 10.4 Å². The number of anilines is 1. The zero-order valence-electron chi connectivity index (χ0n) is 18.9. The lowest BCUT2D eigenvalue weighted by molar-refractivity contribution is -0.141. The molecule has 5 aromatic rings. The number of rotatable bonds is 6. The number of carbonyl (C=O) groups excluding carboxylic acids is 1. The third-order valence-electron chi connectivity index (χ3n) is 5.31. The number of ether oxygens (including phenoxy) is 1. The first-order chi connectivity index (χ1) is 17.8. The van der Waals surface area contributed by atoms with Crippen molar-refractivity contribution >= 4 is 34.5 Å². The number of hydrogen-bond acceptors (Lipinski definition) is 4. The second-order valence-corrected chi connectivity index (χ2v) is 9.24. The van der Waals surface area contributed by atoms with Gasteiger partial charge in [0, 0.05) is 10.6 Å². The molecule has 1 amide bonds. The maximum absolute atomic E-state index is 13.4. The van der Waals surface area contributed by atoms with Crippen LogP contribution in [0.1, 0.15) is 16.1 Å². The Labute approximate surface area is 218 Å².